The molecule has 0 radical (unpaired) electrons. The minimum atomic E-state index is -3.51. The second kappa shape index (κ2) is 6.31. The van der Waals surface area contributed by atoms with Crippen LogP contribution in [0.15, 0.2) is 23.2 Å². The third kappa shape index (κ3) is 3.65. The normalized spacial score (nSPS) is 19.5. The van der Waals surface area contributed by atoms with Gasteiger partial charge in [0, 0.05) is 33.0 Å². The van der Waals surface area contributed by atoms with Crippen LogP contribution in [0.4, 0.5) is 5.82 Å². The number of ether oxygens (including phenoxy) is 1. The monoisotopic (exact) mass is 285 g/mol. The Balaban J connectivity index is 1.97. The van der Waals surface area contributed by atoms with Crippen molar-refractivity contribution in [3.8, 4) is 0 Å². The Morgan fingerprint density at radius 1 is 1.53 bits per heavy atom. The van der Waals surface area contributed by atoms with Crippen LogP contribution in [0.5, 0.6) is 0 Å². The molecule has 0 amide bonds. The van der Waals surface area contributed by atoms with Gasteiger partial charge < -0.3 is 10.1 Å². The topological polar surface area (TPSA) is 80.3 Å². The zero-order valence-corrected chi connectivity index (χ0v) is 11.7. The van der Waals surface area contributed by atoms with E-state index in [1.165, 1.54) is 0 Å². The minimum absolute atomic E-state index is 0.181. The summed E-state index contributed by atoms with van der Waals surface area (Å²) < 4.78 is 32.2. The van der Waals surface area contributed by atoms with Crippen LogP contribution >= 0.6 is 0 Å². The highest BCUT2D eigenvalue weighted by Crippen LogP contribution is 2.18. The van der Waals surface area contributed by atoms with Gasteiger partial charge in [0.25, 0.3) is 0 Å². The van der Waals surface area contributed by atoms with E-state index in [2.05, 4.69) is 15.0 Å². The molecule has 1 fully saturated rings. The molecule has 19 heavy (non-hydrogen) atoms. The van der Waals surface area contributed by atoms with Crippen molar-refractivity contribution in [3.63, 3.8) is 0 Å². The molecule has 0 aliphatic carbocycles. The van der Waals surface area contributed by atoms with Crippen LogP contribution in [0.2, 0.25) is 0 Å². The number of rotatable bonds is 6. The minimum Gasteiger partial charge on any atom is -0.381 e. The average molecular weight is 285 g/mol. The molecule has 0 aromatic carbocycles. The Labute approximate surface area is 113 Å². The number of hydrogen-bond donors (Lipinski definition) is 2. The predicted octanol–water partition coefficient (Wildman–Crippen LogP) is 0.828. The summed E-state index contributed by atoms with van der Waals surface area (Å²) in [6.45, 7) is 1.94. The number of nitrogens with one attached hydrogen (secondary N) is 2. The van der Waals surface area contributed by atoms with Crippen LogP contribution in [0.25, 0.3) is 0 Å². The predicted molar refractivity (Wildman–Crippen MR) is 72.5 cm³/mol. The number of anilines is 1. The Hall–Kier alpha value is -1.18. The molecule has 2 rings (SSSR count). The van der Waals surface area contributed by atoms with E-state index in [1.54, 1.807) is 25.4 Å². The second-order valence-electron chi connectivity index (χ2n) is 4.52. The third-order valence-electron chi connectivity index (χ3n) is 3.17. The lowest BCUT2D eigenvalue weighted by molar-refractivity contribution is 0.184. The summed E-state index contributed by atoms with van der Waals surface area (Å²) in [4.78, 5) is 4.18. The second-order valence-corrected chi connectivity index (χ2v) is 6.25. The Kier molecular flexibility index (Phi) is 4.73. The molecule has 1 unspecified atom stereocenters. The largest absolute Gasteiger partial charge is 0.381 e. The van der Waals surface area contributed by atoms with E-state index in [-0.39, 0.29) is 4.90 Å². The van der Waals surface area contributed by atoms with Gasteiger partial charge in [0.2, 0.25) is 10.0 Å². The van der Waals surface area contributed by atoms with Crippen LogP contribution in [0, 0.1) is 5.92 Å². The van der Waals surface area contributed by atoms with Gasteiger partial charge in [-0.3, -0.25) is 0 Å². The van der Waals surface area contributed by atoms with Crippen molar-refractivity contribution in [1.82, 2.24) is 9.71 Å². The van der Waals surface area contributed by atoms with Gasteiger partial charge in [-0.1, -0.05) is 0 Å². The smallest absolute Gasteiger partial charge is 0.244 e. The van der Waals surface area contributed by atoms with Crippen molar-refractivity contribution < 1.29 is 13.2 Å². The molecule has 6 nitrogen and oxygen atoms in total. The van der Waals surface area contributed by atoms with Crippen molar-refractivity contribution >= 4 is 15.8 Å². The Bertz CT molecular complexity index is 513. The summed E-state index contributed by atoms with van der Waals surface area (Å²) in [6.07, 6.45) is 3.37. The lowest BCUT2D eigenvalue weighted by atomic mass is 10.1. The van der Waals surface area contributed by atoms with E-state index < -0.39 is 10.0 Å². The third-order valence-corrected chi connectivity index (χ3v) is 4.66. The lowest BCUT2D eigenvalue weighted by Crippen LogP contribution is -2.27. The van der Waals surface area contributed by atoms with E-state index >= 15 is 0 Å². The summed E-state index contributed by atoms with van der Waals surface area (Å²) in [5, 5.41) is 2.78. The van der Waals surface area contributed by atoms with Gasteiger partial charge in [0.05, 0.1) is 0 Å². The molecule has 1 aliphatic heterocycles. The lowest BCUT2D eigenvalue weighted by Gasteiger charge is -2.11. The molecule has 0 saturated carbocycles. The van der Waals surface area contributed by atoms with E-state index in [4.69, 9.17) is 4.74 Å². The van der Waals surface area contributed by atoms with E-state index in [1.807, 2.05) is 0 Å². The first-order chi connectivity index (χ1) is 9.13. The van der Waals surface area contributed by atoms with Crippen molar-refractivity contribution in [3.05, 3.63) is 18.3 Å². The van der Waals surface area contributed by atoms with Crippen LogP contribution in [-0.2, 0) is 14.8 Å². The standard InChI is InChI=1S/C12H19N3O3S/c1-13-12-11(3-2-6-14-12)19(16,17)15-7-4-10-5-8-18-9-10/h2-3,6,10,15H,4-5,7-9H2,1H3,(H,13,14). The molecule has 1 atom stereocenters. The highest BCUT2D eigenvalue weighted by molar-refractivity contribution is 7.89. The molecule has 0 bridgehead atoms. The quantitative estimate of drug-likeness (QED) is 0.809. The fourth-order valence-electron chi connectivity index (χ4n) is 2.08. The van der Waals surface area contributed by atoms with E-state index in [0.29, 0.717) is 18.3 Å². The van der Waals surface area contributed by atoms with Gasteiger partial charge in [-0.2, -0.15) is 0 Å². The molecule has 106 valence electrons. The molecule has 1 aromatic heterocycles. The summed E-state index contributed by atoms with van der Waals surface area (Å²) in [5.41, 5.74) is 0. The molecular formula is C12H19N3O3S. The molecule has 1 aliphatic rings. The van der Waals surface area contributed by atoms with Gasteiger partial charge >= 0.3 is 0 Å². The average Bonchev–Trinajstić information content (AvgIpc) is 2.91. The van der Waals surface area contributed by atoms with E-state index in [0.717, 1.165) is 26.1 Å². The zero-order valence-electron chi connectivity index (χ0n) is 10.9. The maximum Gasteiger partial charge on any atom is 0.244 e. The highest BCUT2D eigenvalue weighted by Gasteiger charge is 2.20. The highest BCUT2D eigenvalue weighted by atomic mass is 32.2. The van der Waals surface area contributed by atoms with Crippen molar-refractivity contribution in [1.29, 1.82) is 0 Å². The first kappa shape index (κ1) is 14.2. The van der Waals surface area contributed by atoms with E-state index in [9.17, 15) is 8.42 Å². The summed E-state index contributed by atoms with van der Waals surface area (Å²) >= 11 is 0. The first-order valence-electron chi connectivity index (χ1n) is 6.33. The molecule has 1 saturated heterocycles. The summed E-state index contributed by atoms with van der Waals surface area (Å²) in [7, 11) is -1.86. The van der Waals surface area contributed by atoms with Crippen molar-refractivity contribution in [2.24, 2.45) is 5.92 Å². The Morgan fingerprint density at radius 3 is 3.05 bits per heavy atom. The molecule has 0 spiro atoms. The summed E-state index contributed by atoms with van der Waals surface area (Å²) in [5.74, 6) is 0.819. The van der Waals surface area contributed by atoms with Gasteiger partial charge in [-0.15, -0.1) is 0 Å². The van der Waals surface area contributed by atoms with Gasteiger partial charge in [-0.05, 0) is 30.9 Å². The van der Waals surface area contributed by atoms with Crippen molar-refractivity contribution in [2.75, 3.05) is 32.1 Å². The van der Waals surface area contributed by atoms with Gasteiger partial charge in [-0.25, -0.2) is 18.1 Å². The fourth-order valence-corrected chi connectivity index (χ4v) is 3.29. The molecular weight excluding hydrogens is 266 g/mol. The molecule has 7 heteroatoms. The van der Waals surface area contributed by atoms with Crippen LogP contribution < -0.4 is 10.0 Å². The molecule has 2 N–H and O–H groups in total. The zero-order chi connectivity index (χ0) is 13.7. The SMILES string of the molecule is CNc1ncccc1S(=O)(=O)NCCC1CCOC1. The first-order valence-corrected chi connectivity index (χ1v) is 7.82. The van der Waals surface area contributed by atoms with Gasteiger partial charge in [0.15, 0.2) is 0 Å². The number of sulfonamides is 1. The number of pyridine rings is 1. The maximum absolute atomic E-state index is 12.2. The number of aromatic nitrogens is 1. The maximum atomic E-state index is 12.2. The number of nitrogens with zero attached hydrogens (tertiary/aromatic N) is 1. The molecule has 2 heterocycles. The number of hydrogen-bond acceptors (Lipinski definition) is 5. The van der Waals surface area contributed by atoms with Crippen LogP contribution in [0.3, 0.4) is 0 Å². The van der Waals surface area contributed by atoms with Crippen molar-refractivity contribution in [2.45, 2.75) is 17.7 Å². The van der Waals surface area contributed by atoms with Crippen LogP contribution in [-0.4, -0.2) is 40.2 Å². The molecule has 1 aromatic rings. The Morgan fingerprint density at radius 2 is 2.37 bits per heavy atom. The van der Waals surface area contributed by atoms with Crippen LogP contribution in [0.1, 0.15) is 12.8 Å². The fraction of sp³-hybridized carbons (Fsp3) is 0.583. The van der Waals surface area contributed by atoms with Gasteiger partial charge in [0.1, 0.15) is 10.7 Å². The summed E-state index contributed by atoms with van der Waals surface area (Å²) in [6, 6.07) is 3.15.